The number of carbonyl (C=O) groups excluding carboxylic acids is 1. The smallest absolute Gasteiger partial charge is 0.275 e. The van der Waals surface area contributed by atoms with E-state index in [2.05, 4.69) is 15.3 Å². The molecule has 29 heavy (non-hydrogen) atoms. The Labute approximate surface area is 181 Å². The van der Waals surface area contributed by atoms with E-state index >= 15 is 4.39 Å². The first-order valence-electron chi connectivity index (χ1n) is 8.88. The molecule has 1 fully saturated rings. The van der Waals surface area contributed by atoms with Crippen molar-refractivity contribution in [1.82, 2.24) is 4.98 Å². The highest BCUT2D eigenvalue weighted by Crippen LogP contribution is 2.46. The van der Waals surface area contributed by atoms with E-state index in [-0.39, 0.29) is 22.3 Å². The molecule has 0 aliphatic carbocycles. The van der Waals surface area contributed by atoms with Crippen molar-refractivity contribution in [3.63, 3.8) is 0 Å². The number of halogens is 3. The van der Waals surface area contributed by atoms with E-state index in [4.69, 9.17) is 33.7 Å². The van der Waals surface area contributed by atoms with Crippen molar-refractivity contribution in [2.45, 2.75) is 12.0 Å². The Morgan fingerprint density at radius 3 is 3.03 bits per heavy atom. The van der Waals surface area contributed by atoms with Crippen molar-refractivity contribution in [3.05, 3.63) is 57.6 Å². The number of ether oxygens (including phenoxy) is 1. The SMILES string of the molecule is NC1=NC2(c3cccc(NC(=O)c4ncc(Cl)cc4Cl)c3F)CCOCC2CS1. The topological polar surface area (TPSA) is 89.6 Å². The van der Waals surface area contributed by atoms with Gasteiger partial charge in [0.1, 0.15) is 5.69 Å². The second-order valence-electron chi connectivity index (χ2n) is 6.81. The summed E-state index contributed by atoms with van der Waals surface area (Å²) in [6, 6.07) is 6.25. The summed E-state index contributed by atoms with van der Waals surface area (Å²) in [5, 5.41) is 3.36. The highest BCUT2D eigenvalue weighted by molar-refractivity contribution is 8.13. The third kappa shape index (κ3) is 3.82. The minimum atomic E-state index is -0.811. The van der Waals surface area contributed by atoms with E-state index in [1.165, 1.54) is 30.1 Å². The van der Waals surface area contributed by atoms with Crippen molar-refractivity contribution in [2.75, 3.05) is 24.3 Å². The summed E-state index contributed by atoms with van der Waals surface area (Å²) in [6.45, 7) is 0.933. The number of benzene rings is 1. The van der Waals surface area contributed by atoms with Gasteiger partial charge < -0.3 is 15.8 Å². The first kappa shape index (κ1) is 20.4. The highest BCUT2D eigenvalue weighted by atomic mass is 35.5. The monoisotopic (exact) mass is 454 g/mol. The van der Waals surface area contributed by atoms with Crippen LogP contribution < -0.4 is 11.1 Å². The van der Waals surface area contributed by atoms with E-state index in [9.17, 15) is 4.79 Å². The van der Waals surface area contributed by atoms with E-state index in [0.29, 0.717) is 41.1 Å². The third-order valence-corrected chi connectivity index (χ3v) is 6.55. The minimum absolute atomic E-state index is 0.0126. The zero-order valence-corrected chi connectivity index (χ0v) is 17.5. The summed E-state index contributed by atoms with van der Waals surface area (Å²) in [6.07, 6.45) is 1.82. The molecule has 2 unspecified atom stereocenters. The maximum absolute atomic E-state index is 15.5. The van der Waals surface area contributed by atoms with Crippen LogP contribution in [-0.4, -0.2) is 35.0 Å². The molecule has 0 saturated carbocycles. The first-order chi connectivity index (χ1) is 13.9. The van der Waals surface area contributed by atoms with Gasteiger partial charge in [0.25, 0.3) is 5.91 Å². The standard InChI is InChI=1S/C19H17Cl2FN4O2S/c20-11-6-13(21)16(24-7-11)17(27)25-14-3-1-2-12(15(14)22)19-4-5-28-8-10(19)9-29-18(23)26-19/h1-3,6-7,10H,4-5,8-9H2,(H2,23,26)(H,25,27). The molecule has 3 heterocycles. The number of aromatic nitrogens is 1. The van der Waals surface area contributed by atoms with Crippen molar-refractivity contribution in [1.29, 1.82) is 0 Å². The van der Waals surface area contributed by atoms with E-state index in [1.54, 1.807) is 12.1 Å². The number of nitrogens with one attached hydrogen (secondary N) is 1. The molecule has 0 radical (unpaired) electrons. The normalized spacial score (nSPS) is 23.8. The summed E-state index contributed by atoms with van der Waals surface area (Å²) in [5.41, 5.74) is 5.54. The van der Waals surface area contributed by atoms with Crippen LogP contribution in [0.2, 0.25) is 10.0 Å². The lowest BCUT2D eigenvalue weighted by Crippen LogP contribution is -2.47. The van der Waals surface area contributed by atoms with Gasteiger partial charge in [0.15, 0.2) is 11.0 Å². The number of fused-ring (bicyclic) bond motifs is 1. The molecular weight excluding hydrogens is 438 g/mol. The van der Waals surface area contributed by atoms with E-state index in [0.717, 1.165) is 0 Å². The fourth-order valence-corrected chi connectivity index (χ4v) is 5.12. The van der Waals surface area contributed by atoms with Gasteiger partial charge in [0, 0.05) is 36.5 Å². The van der Waals surface area contributed by atoms with Gasteiger partial charge in [-0.15, -0.1) is 0 Å². The Morgan fingerprint density at radius 2 is 2.24 bits per heavy atom. The van der Waals surface area contributed by atoms with Gasteiger partial charge in [0.05, 0.1) is 27.9 Å². The molecule has 10 heteroatoms. The van der Waals surface area contributed by atoms with Gasteiger partial charge >= 0.3 is 0 Å². The van der Waals surface area contributed by atoms with Gasteiger partial charge in [-0.3, -0.25) is 9.79 Å². The summed E-state index contributed by atoms with van der Waals surface area (Å²) in [5.74, 6) is -0.510. The van der Waals surface area contributed by atoms with Crippen molar-refractivity contribution >= 4 is 51.7 Å². The van der Waals surface area contributed by atoms with Crippen LogP contribution in [0, 0.1) is 11.7 Å². The first-order valence-corrected chi connectivity index (χ1v) is 10.6. The highest BCUT2D eigenvalue weighted by Gasteiger charge is 2.47. The second kappa shape index (κ2) is 8.10. The van der Waals surface area contributed by atoms with Crippen LogP contribution in [0.1, 0.15) is 22.5 Å². The number of amides is 1. The summed E-state index contributed by atoms with van der Waals surface area (Å²) in [4.78, 5) is 21.2. The van der Waals surface area contributed by atoms with Gasteiger partial charge in [-0.1, -0.05) is 47.1 Å². The number of thioether (sulfide) groups is 1. The van der Waals surface area contributed by atoms with Crippen LogP contribution in [0.15, 0.2) is 35.5 Å². The molecular formula is C19H17Cl2FN4O2S. The number of amidine groups is 1. The molecule has 6 nitrogen and oxygen atoms in total. The summed E-state index contributed by atoms with van der Waals surface area (Å²) in [7, 11) is 0. The molecule has 1 amide bonds. The molecule has 2 aromatic rings. The molecule has 0 spiro atoms. The molecule has 2 atom stereocenters. The van der Waals surface area contributed by atoms with E-state index in [1.807, 2.05) is 0 Å². The molecule has 2 aliphatic heterocycles. The molecule has 1 saturated heterocycles. The van der Waals surface area contributed by atoms with Crippen LogP contribution in [0.3, 0.4) is 0 Å². The van der Waals surface area contributed by atoms with Crippen molar-refractivity contribution < 1.29 is 13.9 Å². The predicted octanol–water partition coefficient (Wildman–Crippen LogP) is 4.07. The third-order valence-electron chi connectivity index (χ3n) is 5.10. The lowest BCUT2D eigenvalue weighted by atomic mass is 9.75. The maximum atomic E-state index is 15.5. The number of pyridine rings is 1. The zero-order chi connectivity index (χ0) is 20.6. The number of nitrogens with zero attached hydrogens (tertiary/aromatic N) is 2. The van der Waals surface area contributed by atoms with Crippen LogP contribution in [-0.2, 0) is 10.3 Å². The Morgan fingerprint density at radius 1 is 1.41 bits per heavy atom. The number of rotatable bonds is 3. The molecule has 1 aromatic heterocycles. The van der Waals surface area contributed by atoms with E-state index < -0.39 is 17.3 Å². The van der Waals surface area contributed by atoms with Crippen molar-refractivity contribution in [3.8, 4) is 0 Å². The van der Waals surface area contributed by atoms with Crippen LogP contribution in [0.4, 0.5) is 10.1 Å². The van der Waals surface area contributed by atoms with Crippen molar-refractivity contribution in [2.24, 2.45) is 16.6 Å². The minimum Gasteiger partial charge on any atom is -0.381 e. The van der Waals surface area contributed by atoms with Gasteiger partial charge in [-0.25, -0.2) is 9.37 Å². The van der Waals surface area contributed by atoms with Crippen LogP contribution in [0.25, 0.3) is 0 Å². The number of anilines is 1. The fraction of sp³-hybridized carbons (Fsp3) is 0.316. The Hall–Kier alpha value is -1.87. The lowest BCUT2D eigenvalue weighted by Gasteiger charge is -2.44. The molecule has 4 rings (SSSR count). The molecule has 1 aromatic carbocycles. The summed E-state index contributed by atoms with van der Waals surface area (Å²) < 4.78 is 21.1. The number of aliphatic imine (C=N–C) groups is 1. The molecule has 2 aliphatic rings. The van der Waals surface area contributed by atoms with Gasteiger partial charge in [-0.2, -0.15) is 0 Å². The number of hydrogen-bond donors (Lipinski definition) is 2. The fourth-order valence-electron chi connectivity index (χ4n) is 3.68. The molecule has 3 N–H and O–H groups in total. The quantitative estimate of drug-likeness (QED) is 0.729. The second-order valence-corrected chi connectivity index (χ2v) is 8.70. The Bertz CT molecular complexity index is 1010. The maximum Gasteiger partial charge on any atom is 0.275 e. The average Bonchev–Trinajstić information content (AvgIpc) is 2.69. The number of nitrogens with two attached hydrogens (primary N) is 1. The zero-order valence-electron chi connectivity index (χ0n) is 15.1. The number of carbonyl (C=O) groups is 1. The Kier molecular flexibility index (Phi) is 5.70. The number of hydrogen-bond acceptors (Lipinski definition) is 6. The van der Waals surface area contributed by atoms with Crippen LogP contribution >= 0.6 is 35.0 Å². The molecule has 0 bridgehead atoms. The average molecular weight is 455 g/mol. The van der Waals surface area contributed by atoms with Crippen LogP contribution in [0.5, 0.6) is 0 Å². The van der Waals surface area contributed by atoms with Gasteiger partial charge in [0.2, 0.25) is 0 Å². The molecule has 152 valence electrons. The summed E-state index contributed by atoms with van der Waals surface area (Å²) >= 11 is 13.3. The largest absolute Gasteiger partial charge is 0.381 e. The lowest BCUT2D eigenvalue weighted by molar-refractivity contribution is 0.00888. The Balaban J connectivity index is 1.70. The van der Waals surface area contributed by atoms with Gasteiger partial charge in [-0.05, 0) is 12.1 Å². The predicted molar refractivity (Wildman–Crippen MR) is 113 cm³/mol.